The van der Waals surface area contributed by atoms with Crippen LogP contribution in [0.5, 0.6) is 0 Å². The van der Waals surface area contributed by atoms with Gasteiger partial charge in [-0.25, -0.2) is 0 Å². The highest BCUT2D eigenvalue weighted by molar-refractivity contribution is 4.62. The zero-order valence-electron chi connectivity index (χ0n) is 86.9. The standard InChI is InChI=1S/C122H246/c1-3-5-7-9-11-13-15-17-19-21-23-25-27-29-31-33-35-37-39-41-43-45-47-49-51-53-55-57-59-61-63-65-67-69-71-73-75-77-79-81-83-85-87-89-91-93-95-97-99-101-103-105-107-109-111-113-115-117-119-121-122-120-118-116-114-112-110-108-106-104-102-100-98-96-94-92-90-88-86-84-82-80-78-76-74-72-70-68-66-64-62-60-58-56-54-52-50-48-46-44-42-40-38-36-34-32-30-28-26-24-22-20-18-16-14-12-10-8-6-4-2/h3-122H2,1-2H3. The first kappa shape index (κ1) is 122. The van der Waals surface area contributed by atoms with Gasteiger partial charge in [-0.05, 0) is 0 Å². The third kappa shape index (κ3) is 120. The monoisotopic (exact) mass is 1710 g/mol. The fourth-order valence-electron chi connectivity index (χ4n) is 21.0. The lowest BCUT2D eigenvalue weighted by atomic mass is 10.0. The molecular weight excluding hydrogens is 1470 g/mol. The Balaban J connectivity index is 3.10. The van der Waals surface area contributed by atoms with Crippen molar-refractivity contribution in [1.82, 2.24) is 0 Å². The van der Waals surface area contributed by atoms with E-state index < -0.39 is 0 Å². The van der Waals surface area contributed by atoms with Crippen LogP contribution in [0.4, 0.5) is 0 Å². The maximum atomic E-state index is 2.32. The largest absolute Gasteiger partial charge is 0.0654 e. The lowest BCUT2D eigenvalue weighted by Crippen LogP contribution is -1.85. The molecule has 0 amide bonds. The van der Waals surface area contributed by atoms with Gasteiger partial charge in [0, 0.05) is 0 Å². The van der Waals surface area contributed by atoms with Crippen LogP contribution in [0.2, 0.25) is 0 Å². The fourth-order valence-corrected chi connectivity index (χ4v) is 21.0. The third-order valence-electron chi connectivity index (χ3n) is 30.0. The van der Waals surface area contributed by atoms with E-state index in [-0.39, 0.29) is 0 Å². The molecule has 0 nitrogen and oxygen atoms in total. The smallest absolute Gasteiger partial charge is 0.0533 e. The Hall–Kier alpha value is 0. The van der Waals surface area contributed by atoms with Gasteiger partial charge in [-0.15, -0.1) is 0 Å². The maximum Gasteiger partial charge on any atom is -0.0533 e. The summed E-state index contributed by atoms with van der Waals surface area (Å²) >= 11 is 0. The van der Waals surface area contributed by atoms with Crippen LogP contribution in [0.15, 0.2) is 0 Å². The first-order valence-electron chi connectivity index (χ1n) is 60.9. The van der Waals surface area contributed by atoms with E-state index >= 15 is 0 Å². The van der Waals surface area contributed by atoms with Gasteiger partial charge in [0.05, 0.1) is 0 Å². The maximum absolute atomic E-state index is 2.32. The number of rotatable bonds is 119. The second-order valence-electron chi connectivity index (χ2n) is 42.7. The zero-order chi connectivity index (χ0) is 86.9. The Morgan fingerprint density at radius 3 is 0.0902 bits per heavy atom. The van der Waals surface area contributed by atoms with Gasteiger partial charge < -0.3 is 0 Å². The molecule has 0 saturated heterocycles. The molecule has 0 saturated carbocycles. The molecule has 0 aliphatic heterocycles. The van der Waals surface area contributed by atoms with Crippen LogP contribution in [-0.4, -0.2) is 0 Å². The molecule has 0 rings (SSSR count). The van der Waals surface area contributed by atoms with Crippen LogP contribution in [0.25, 0.3) is 0 Å². The van der Waals surface area contributed by atoms with Crippen molar-refractivity contribution in [2.45, 2.75) is 784 Å². The van der Waals surface area contributed by atoms with E-state index in [2.05, 4.69) is 13.8 Å². The summed E-state index contributed by atoms with van der Waals surface area (Å²) < 4.78 is 0. The molecule has 0 aliphatic carbocycles. The Morgan fingerprint density at radius 1 is 0.0410 bits per heavy atom. The van der Waals surface area contributed by atoms with Crippen LogP contribution in [0.1, 0.15) is 784 Å². The van der Waals surface area contributed by atoms with E-state index in [1.807, 2.05) is 0 Å². The average Bonchev–Trinajstić information content (AvgIpc) is 1.30. The molecule has 0 radical (unpaired) electrons. The van der Waals surface area contributed by atoms with Gasteiger partial charge in [-0.1, -0.05) is 784 Å². The quantitative estimate of drug-likeness (QED) is 0.0533. The van der Waals surface area contributed by atoms with Gasteiger partial charge >= 0.3 is 0 Å². The average molecular weight is 1710 g/mol. The highest BCUT2D eigenvalue weighted by atomic mass is 14.1. The zero-order valence-corrected chi connectivity index (χ0v) is 86.9. The second-order valence-corrected chi connectivity index (χ2v) is 42.7. The summed E-state index contributed by atoms with van der Waals surface area (Å²) in [5.74, 6) is 0. The first-order chi connectivity index (χ1) is 60.9. The number of hydrogen-bond acceptors (Lipinski definition) is 0. The highest BCUT2D eigenvalue weighted by Crippen LogP contribution is 2.26. The van der Waals surface area contributed by atoms with E-state index in [0.29, 0.717) is 0 Å². The summed E-state index contributed by atoms with van der Waals surface area (Å²) in [6, 6.07) is 0. The summed E-state index contributed by atoms with van der Waals surface area (Å²) in [6.07, 6.45) is 179. The van der Waals surface area contributed by atoms with Crippen LogP contribution in [0.3, 0.4) is 0 Å². The van der Waals surface area contributed by atoms with Crippen molar-refractivity contribution in [2.75, 3.05) is 0 Å². The van der Waals surface area contributed by atoms with Crippen LogP contribution in [0, 0.1) is 0 Å². The Bertz CT molecular complexity index is 1460. The van der Waals surface area contributed by atoms with Crippen molar-refractivity contribution in [1.29, 1.82) is 0 Å². The first-order valence-corrected chi connectivity index (χ1v) is 60.9. The molecule has 122 heavy (non-hydrogen) atoms. The Labute approximate surface area is 779 Å². The van der Waals surface area contributed by atoms with Gasteiger partial charge in [0.15, 0.2) is 0 Å². The van der Waals surface area contributed by atoms with Crippen molar-refractivity contribution in [2.24, 2.45) is 0 Å². The van der Waals surface area contributed by atoms with Crippen molar-refractivity contribution < 1.29 is 0 Å². The van der Waals surface area contributed by atoms with Crippen molar-refractivity contribution in [3.63, 3.8) is 0 Å². The molecule has 0 atom stereocenters. The predicted octanol–water partition coefficient (Wildman–Crippen LogP) is 47.8. The molecule has 0 bridgehead atoms. The summed E-state index contributed by atoms with van der Waals surface area (Å²) in [6.45, 7) is 4.64. The fraction of sp³-hybridized carbons (Fsp3) is 1.00. The highest BCUT2D eigenvalue weighted by Gasteiger charge is 2.06. The lowest BCUT2D eigenvalue weighted by molar-refractivity contribution is 0.505. The van der Waals surface area contributed by atoms with E-state index in [4.69, 9.17) is 0 Å². The Morgan fingerprint density at radius 2 is 0.0656 bits per heavy atom. The summed E-state index contributed by atoms with van der Waals surface area (Å²) in [4.78, 5) is 0. The molecule has 0 N–H and O–H groups in total. The summed E-state index contributed by atoms with van der Waals surface area (Å²) in [7, 11) is 0. The van der Waals surface area contributed by atoms with Gasteiger partial charge in [0.1, 0.15) is 0 Å². The minimum atomic E-state index is 1.37. The predicted molar refractivity (Wildman–Crippen MR) is 565 cm³/mol. The molecule has 734 valence electrons. The van der Waals surface area contributed by atoms with E-state index in [1.165, 1.54) is 770 Å². The SMILES string of the molecule is CCCCCCCCCCCCCCCCCCCCCCCCCCCCCCCCCCCCCCCCCCCCCCCCCCCCCCCCCCCCCCCCCCCCCCCCCCCCCCCCCCCCCCCCCCCCCCCCCCCCCCCCCCCCCCCCCCCCCCCCCC. The summed E-state index contributed by atoms with van der Waals surface area (Å²) in [5.41, 5.74) is 0. The Kier molecular flexibility index (Phi) is 121. The van der Waals surface area contributed by atoms with E-state index in [1.54, 1.807) is 0 Å². The molecule has 0 unspecified atom stereocenters. The van der Waals surface area contributed by atoms with Crippen LogP contribution >= 0.6 is 0 Å². The number of hydrogen-bond donors (Lipinski definition) is 0. The minimum Gasteiger partial charge on any atom is -0.0654 e. The topological polar surface area (TPSA) is 0 Å². The van der Waals surface area contributed by atoms with Crippen LogP contribution < -0.4 is 0 Å². The third-order valence-corrected chi connectivity index (χ3v) is 30.0. The molecule has 0 spiro atoms. The van der Waals surface area contributed by atoms with Crippen molar-refractivity contribution in [3.8, 4) is 0 Å². The van der Waals surface area contributed by atoms with Crippen molar-refractivity contribution in [3.05, 3.63) is 0 Å². The van der Waals surface area contributed by atoms with Crippen molar-refractivity contribution >= 4 is 0 Å². The molecule has 0 aromatic carbocycles. The van der Waals surface area contributed by atoms with Gasteiger partial charge in [0.2, 0.25) is 0 Å². The molecule has 0 heterocycles. The second kappa shape index (κ2) is 121. The normalized spacial score (nSPS) is 11.9. The molecule has 0 aromatic heterocycles. The molecule has 0 fully saturated rings. The lowest BCUT2D eigenvalue weighted by Gasteiger charge is -2.05. The van der Waals surface area contributed by atoms with Crippen LogP contribution in [-0.2, 0) is 0 Å². The summed E-state index contributed by atoms with van der Waals surface area (Å²) in [5, 5.41) is 0. The van der Waals surface area contributed by atoms with E-state index in [0.717, 1.165) is 0 Å². The molecule has 0 heteroatoms. The molecular formula is C122H246. The molecule has 0 aliphatic rings. The molecule has 0 aromatic rings. The number of unbranched alkanes of at least 4 members (excludes halogenated alkanes) is 119. The minimum absolute atomic E-state index is 1.37. The van der Waals surface area contributed by atoms with Gasteiger partial charge in [-0.2, -0.15) is 0 Å². The van der Waals surface area contributed by atoms with Gasteiger partial charge in [0.25, 0.3) is 0 Å². The van der Waals surface area contributed by atoms with E-state index in [9.17, 15) is 0 Å². The van der Waals surface area contributed by atoms with Gasteiger partial charge in [-0.3, -0.25) is 0 Å².